The van der Waals surface area contributed by atoms with Crippen LogP contribution in [0.1, 0.15) is 19.4 Å². The van der Waals surface area contributed by atoms with Crippen LogP contribution in [0.4, 0.5) is 5.69 Å². The molecule has 1 aliphatic rings. The molecule has 120 valence electrons. The molecule has 0 unspecified atom stereocenters. The summed E-state index contributed by atoms with van der Waals surface area (Å²) in [4.78, 5) is 30.5. The van der Waals surface area contributed by atoms with E-state index >= 15 is 0 Å². The molecule has 0 bridgehead atoms. The first kappa shape index (κ1) is 16.5. The number of rotatable bonds is 3. The largest absolute Gasteiger partial charge is 0.332 e. The van der Waals surface area contributed by atoms with Gasteiger partial charge in [-0.15, -0.1) is 0 Å². The maximum absolute atomic E-state index is 12.6. The lowest BCUT2D eigenvalue weighted by atomic mass is 10.2. The number of hydrogen-bond donors (Lipinski definition) is 0. The van der Waals surface area contributed by atoms with E-state index in [9.17, 15) is 9.59 Å². The number of hydrogen-bond acceptors (Lipinski definition) is 3. The quantitative estimate of drug-likeness (QED) is 0.795. The zero-order chi connectivity index (χ0) is 16.1. The van der Waals surface area contributed by atoms with Crippen molar-refractivity contribution in [3.05, 3.63) is 29.8 Å². The van der Waals surface area contributed by atoms with Crippen molar-refractivity contribution in [2.24, 2.45) is 0 Å². The van der Waals surface area contributed by atoms with E-state index in [4.69, 9.17) is 0 Å². The average Bonchev–Trinajstić information content (AvgIpc) is 2.55. The second-order valence-corrected chi connectivity index (χ2v) is 5.61. The van der Waals surface area contributed by atoms with Crippen LogP contribution in [-0.4, -0.2) is 60.9 Å². The fourth-order valence-corrected chi connectivity index (χ4v) is 2.76. The van der Waals surface area contributed by atoms with Crippen LogP contribution < -0.4 is 4.90 Å². The lowest BCUT2D eigenvalue weighted by Gasteiger charge is -2.34. The Kier molecular flexibility index (Phi) is 5.55. The molecule has 0 saturated carbocycles. The van der Waals surface area contributed by atoms with E-state index < -0.39 is 5.91 Å². The lowest BCUT2D eigenvalue weighted by Crippen LogP contribution is -2.53. The molecule has 0 N–H and O–H groups in total. The van der Waals surface area contributed by atoms with Gasteiger partial charge in [-0.2, -0.15) is 0 Å². The SMILES string of the molecule is CCN1CCN(C(=O)C(=O)N(CC)c2cccc(C)c2)CC1. The summed E-state index contributed by atoms with van der Waals surface area (Å²) in [5, 5.41) is 0. The third kappa shape index (κ3) is 3.65. The molecule has 1 heterocycles. The molecule has 0 spiro atoms. The van der Waals surface area contributed by atoms with Crippen LogP contribution in [0.15, 0.2) is 24.3 Å². The molecule has 0 aliphatic carbocycles. The van der Waals surface area contributed by atoms with Crippen LogP contribution in [0.25, 0.3) is 0 Å². The summed E-state index contributed by atoms with van der Waals surface area (Å²) in [5.41, 5.74) is 1.86. The van der Waals surface area contributed by atoms with Gasteiger partial charge in [0.2, 0.25) is 0 Å². The fourth-order valence-electron chi connectivity index (χ4n) is 2.76. The van der Waals surface area contributed by atoms with Gasteiger partial charge in [-0.1, -0.05) is 19.1 Å². The predicted octanol–water partition coefficient (Wildman–Crippen LogP) is 1.51. The Morgan fingerprint density at radius 3 is 2.36 bits per heavy atom. The van der Waals surface area contributed by atoms with Gasteiger partial charge in [0, 0.05) is 38.4 Å². The fraction of sp³-hybridized carbons (Fsp3) is 0.529. The number of carbonyl (C=O) groups is 2. The van der Waals surface area contributed by atoms with Gasteiger partial charge in [0.05, 0.1) is 0 Å². The summed E-state index contributed by atoms with van der Waals surface area (Å²) in [6.07, 6.45) is 0. The van der Waals surface area contributed by atoms with Gasteiger partial charge in [0.15, 0.2) is 0 Å². The van der Waals surface area contributed by atoms with Gasteiger partial charge >= 0.3 is 11.8 Å². The maximum Gasteiger partial charge on any atom is 0.316 e. The minimum Gasteiger partial charge on any atom is -0.332 e. The Bertz CT molecular complexity index is 536. The molecule has 5 heteroatoms. The maximum atomic E-state index is 12.6. The molecule has 2 amide bonds. The number of aryl methyl sites for hydroxylation is 1. The minimum absolute atomic E-state index is 0.390. The summed E-state index contributed by atoms with van der Waals surface area (Å²) in [6, 6.07) is 7.69. The van der Waals surface area contributed by atoms with E-state index in [1.54, 1.807) is 9.80 Å². The van der Waals surface area contributed by atoms with Gasteiger partial charge in [0.25, 0.3) is 0 Å². The Hall–Kier alpha value is -1.88. The molecule has 1 aromatic rings. The second kappa shape index (κ2) is 7.40. The minimum atomic E-state index is -0.432. The molecule has 5 nitrogen and oxygen atoms in total. The van der Waals surface area contributed by atoms with Crippen LogP contribution in [0.5, 0.6) is 0 Å². The molecule has 1 aliphatic heterocycles. The standard InChI is InChI=1S/C17H25N3O2/c1-4-18-9-11-19(12-10-18)16(21)17(22)20(5-2)15-8-6-7-14(3)13-15/h6-8,13H,4-5,9-12H2,1-3H3. The number of benzene rings is 1. The third-order valence-electron chi connectivity index (χ3n) is 4.16. The van der Waals surface area contributed by atoms with E-state index in [-0.39, 0.29) is 5.91 Å². The highest BCUT2D eigenvalue weighted by Crippen LogP contribution is 2.17. The molecule has 0 radical (unpaired) electrons. The van der Waals surface area contributed by atoms with E-state index in [0.717, 1.165) is 30.9 Å². The van der Waals surface area contributed by atoms with Crippen molar-refractivity contribution in [2.75, 3.05) is 44.2 Å². The Balaban J connectivity index is 2.07. The highest BCUT2D eigenvalue weighted by atomic mass is 16.2. The van der Waals surface area contributed by atoms with Gasteiger partial charge in [-0.3, -0.25) is 9.59 Å². The van der Waals surface area contributed by atoms with Crippen molar-refractivity contribution in [1.82, 2.24) is 9.80 Å². The van der Waals surface area contributed by atoms with Crippen LogP contribution >= 0.6 is 0 Å². The number of piperazine rings is 1. The molecule has 0 aromatic heterocycles. The summed E-state index contributed by atoms with van der Waals surface area (Å²) in [5.74, 6) is -0.822. The van der Waals surface area contributed by atoms with E-state index in [2.05, 4.69) is 11.8 Å². The van der Waals surface area contributed by atoms with Gasteiger partial charge in [-0.05, 0) is 38.1 Å². The van der Waals surface area contributed by atoms with Crippen LogP contribution in [0.3, 0.4) is 0 Å². The van der Waals surface area contributed by atoms with Crippen molar-refractivity contribution in [3.8, 4) is 0 Å². The number of anilines is 1. The van der Waals surface area contributed by atoms with E-state index in [1.165, 1.54) is 0 Å². The van der Waals surface area contributed by atoms with Crippen LogP contribution in [0.2, 0.25) is 0 Å². The Morgan fingerprint density at radius 1 is 1.14 bits per heavy atom. The lowest BCUT2D eigenvalue weighted by molar-refractivity contribution is -0.145. The zero-order valence-corrected chi connectivity index (χ0v) is 13.7. The zero-order valence-electron chi connectivity index (χ0n) is 13.7. The predicted molar refractivity (Wildman–Crippen MR) is 87.9 cm³/mol. The summed E-state index contributed by atoms with van der Waals surface area (Å²) in [6.45, 7) is 10.4. The molecular formula is C17H25N3O2. The van der Waals surface area contributed by atoms with Crippen molar-refractivity contribution < 1.29 is 9.59 Å². The van der Waals surface area contributed by atoms with Crippen molar-refractivity contribution >= 4 is 17.5 Å². The van der Waals surface area contributed by atoms with Gasteiger partial charge in [-0.25, -0.2) is 0 Å². The first-order chi connectivity index (χ1) is 10.6. The smallest absolute Gasteiger partial charge is 0.316 e. The highest BCUT2D eigenvalue weighted by molar-refractivity contribution is 6.40. The van der Waals surface area contributed by atoms with E-state index in [1.807, 2.05) is 38.1 Å². The van der Waals surface area contributed by atoms with Crippen LogP contribution in [-0.2, 0) is 9.59 Å². The van der Waals surface area contributed by atoms with Crippen molar-refractivity contribution in [1.29, 1.82) is 0 Å². The molecule has 1 fully saturated rings. The van der Waals surface area contributed by atoms with Crippen molar-refractivity contribution in [2.45, 2.75) is 20.8 Å². The molecule has 22 heavy (non-hydrogen) atoms. The second-order valence-electron chi connectivity index (χ2n) is 5.61. The monoisotopic (exact) mass is 303 g/mol. The Morgan fingerprint density at radius 2 is 1.82 bits per heavy atom. The molecule has 1 aromatic carbocycles. The normalized spacial score (nSPS) is 15.7. The average molecular weight is 303 g/mol. The van der Waals surface area contributed by atoms with E-state index in [0.29, 0.717) is 19.6 Å². The van der Waals surface area contributed by atoms with Gasteiger partial charge < -0.3 is 14.7 Å². The molecule has 1 saturated heterocycles. The number of amides is 2. The topological polar surface area (TPSA) is 43.9 Å². The number of nitrogens with zero attached hydrogens (tertiary/aromatic N) is 3. The van der Waals surface area contributed by atoms with Crippen LogP contribution in [0, 0.1) is 6.92 Å². The highest BCUT2D eigenvalue weighted by Gasteiger charge is 2.29. The summed E-state index contributed by atoms with van der Waals surface area (Å²) >= 11 is 0. The summed E-state index contributed by atoms with van der Waals surface area (Å²) in [7, 11) is 0. The molecular weight excluding hydrogens is 278 g/mol. The molecule has 0 atom stereocenters. The number of likely N-dealkylation sites (N-methyl/N-ethyl adjacent to an activating group) is 2. The first-order valence-corrected chi connectivity index (χ1v) is 7.96. The third-order valence-corrected chi connectivity index (χ3v) is 4.16. The van der Waals surface area contributed by atoms with Crippen molar-refractivity contribution in [3.63, 3.8) is 0 Å². The Labute approximate surface area is 132 Å². The van der Waals surface area contributed by atoms with Gasteiger partial charge in [0.1, 0.15) is 0 Å². The summed E-state index contributed by atoms with van der Waals surface area (Å²) < 4.78 is 0. The molecule has 2 rings (SSSR count). The number of carbonyl (C=O) groups excluding carboxylic acids is 2. The first-order valence-electron chi connectivity index (χ1n) is 7.96.